The van der Waals surface area contributed by atoms with Crippen molar-refractivity contribution in [1.82, 2.24) is 9.88 Å². The summed E-state index contributed by atoms with van der Waals surface area (Å²) < 4.78 is 5.60. The monoisotopic (exact) mass is 366 g/mol. The van der Waals surface area contributed by atoms with Gasteiger partial charge in [-0.3, -0.25) is 4.79 Å². The number of benzene rings is 1. The Balaban J connectivity index is 1.29. The molecule has 2 fully saturated rings. The second-order valence-electron chi connectivity index (χ2n) is 7.06. The number of carbonyl (C=O) groups excluding carboxylic acids is 1. The van der Waals surface area contributed by atoms with Crippen molar-refractivity contribution in [3.8, 4) is 0 Å². The van der Waals surface area contributed by atoms with Gasteiger partial charge in [0, 0.05) is 51.2 Å². The van der Waals surface area contributed by atoms with Gasteiger partial charge in [-0.25, -0.2) is 4.98 Å². The Morgan fingerprint density at radius 1 is 1.11 bits per heavy atom. The smallest absolute Gasteiger partial charge is 0.255 e. The van der Waals surface area contributed by atoms with Crippen LogP contribution in [0.3, 0.4) is 0 Å². The summed E-state index contributed by atoms with van der Waals surface area (Å²) in [7, 11) is 0. The number of nitrogens with zero attached hydrogens (tertiary/aromatic N) is 3. The van der Waals surface area contributed by atoms with Crippen LogP contribution in [0, 0.1) is 0 Å². The molecule has 1 amide bonds. The third kappa shape index (κ3) is 4.39. The molecule has 0 spiro atoms. The summed E-state index contributed by atoms with van der Waals surface area (Å²) in [5, 5.41) is 3.29. The summed E-state index contributed by atoms with van der Waals surface area (Å²) in [5.74, 6) is 0.844. The van der Waals surface area contributed by atoms with Gasteiger partial charge in [0.1, 0.15) is 5.82 Å². The highest BCUT2D eigenvalue weighted by molar-refractivity contribution is 5.94. The predicted molar refractivity (Wildman–Crippen MR) is 106 cm³/mol. The van der Waals surface area contributed by atoms with Gasteiger partial charge in [0.25, 0.3) is 5.91 Å². The van der Waals surface area contributed by atoms with Gasteiger partial charge in [-0.05, 0) is 37.1 Å². The fourth-order valence-electron chi connectivity index (χ4n) is 3.64. The zero-order chi connectivity index (χ0) is 18.5. The van der Waals surface area contributed by atoms with Gasteiger partial charge < -0.3 is 19.9 Å². The Labute approximate surface area is 160 Å². The SMILES string of the molecule is O=C(c1ccc(NCC2CCCO2)nc1)N1CCN(c2ccccc2)CC1. The topological polar surface area (TPSA) is 57.7 Å². The van der Waals surface area contributed by atoms with Gasteiger partial charge in [0.05, 0.1) is 11.7 Å². The van der Waals surface area contributed by atoms with Gasteiger partial charge >= 0.3 is 0 Å². The lowest BCUT2D eigenvalue weighted by molar-refractivity contribution is 0.0746. The summed E-state index contributed by atoms with van der Waals surface area (Å²) in [6.07, 6.45) is 4.17. The molecule has 0 aliphatic carbocycles. The highest BCUT2D eigenvalue weighted by Crippen LogP contribution is 2.17. The zero-order valence-corrected chi connectivity index (χ0v) is 15.5. The van der Waals surface area contributed by atoms with E-state index in [1.807, 2.05) is 35.2 Å². The van der Waals surface area contributed by atoms with Gasteiger partial charge in [0.15, 0.2) is 0 Å². The molecule has 0 radical (unpaired) electrons. The average molecular weight is 366 g/mol. The second-order valence-corrected chi connectivity index (χ2v) is 7.06. The normalized spacial score (nSPS) is 19.9. The van der Waals surface area contributed by atoms with Crippen LogP contribution in [0.15, 0.2) is 48.7 Å². The molecule has 1 atom stereocenters. The van der Waals surface area contributed by atoms with Crippen LogP contribution in [0.25, 0.3) is 0 Å². The minimum Gasteiger partial charge on any atom is -0.376 e. The van der Waals surface area contributed by atoms with E-state index in [0.717, 1.165) is 58.0 Å². The number of hydrogen-bond donors (Lipinski definition) is 1. The average Bonchev–Trinajstić information content (AvgIpc) is 3.27. The van der Waals surface area contributed by atoms with E-state index in [4.69, 9.17) is 4.74 Å². The van der Waals surface area contributed by atoms with Crippen LogP contribution in [0.1, 0.15) is 23.2 Å². The number of para-hydroxylation sites is 1. The molecule has 142 valence electrons. The number of nitrogens with one attached hydrogen (secondary N) is 1. The summed E-state index contributed by atoms with van der Waals surface area (Å²) in [5.41, 5.74) is 1.86. The van der Waals surface area contributed by atoms with E-state index in [1.165, 1.54) is 5.69 Å². The van der Waals surface area contributed by atoms with Crippen molar-refractivity contribution < 1.29 is 9.53 Å². The molecule has 2 aliphatic rings. The molecule has 6 nitrogen and oxygen atoms in total. The van der Waals surface area contributed by atoms with Crippen LogP contribution in [0.2, 0.25) is 0 Å². The second kappa shape index (κ2) is 8.39. The Bertz CT molecular complexity index is 737. The first-order chi connectivity index (χ1) is 13.3. The van der Waals surface area contributed by atoms with Crippen molar-refractivity contribution >= 4 is 17.4 Å². The Morgan fingerprint density at radius 2 is 1.93 bits per heavy atom. The molecule has 0 bridgehead atoms. The van der Waals surface area contributed by atoms with Crippen molar-refractivity contribution in [3.05, 3.63) is 54.2 Å². The lowest BCUT2D eigenvalue weighted by atomic mass is 10.2. The zero-order valence-electron chi connectivity index (χ0n) is 15.5. The molecule has 2 aromatic rings. The molecule has 2 aliphatic heterocycles. The van der Waals surface area contributed by atoms with Gasteiger partial charge in [0.2, 0.25) is 0 Å². The van der Waals surface area contributed by atoms with E-state index in [-0.39, 0.29) is 12.0 Å². The molecule has 0 saturated carbocycles. The lowest BCUT2D eigenvalue weighted by Gasteiger charge is -2.36. The Hall–Kier alpha value is -2.60. The maximum Gasteiger partial charge on any atom is 0.255 e. The summed E-state index contributed by atoms with van der Waals surface area (Å²) in [4.78, 5) is 21.4. The van der Waals surface area contributed by atoms with Crippen molar-refractivity contribution in [2.45, 2.75) is 18.9 Å². The number of hydrogen-bond acceptors (Lipinski definition) is 5. The molecule has 1 N–H and O–H groups in total. The third-order valence-electron chi connectivity index (χ3n) is 5.23. The Kier molecular flexibility index (Phi) is 5.53. The molecular weight excluding hydrogens is 340 g/mol. The minimum atomic E-state index is 0.0564. The van der Waals surface area contributed by atoms with Crippen LogP contribution in [-0.4, -0.2) is 61.2 Å². The molecule has 1 unspecified atom stereocenters. The largest absolute Gasteiger partial charge is 0.376 e. The van der Waals surface area contributed by atoms with Crippen molar-refractivity contribution in [3.63, 3.8) is 0 Å². The van der Waals surface area contributed by atoms with Gasteiger partial charge in [-0.15, -0.1) is 0 Å². The molecule has 3 heterocycles. The fraction of sp³-hybridized carbons (Fsp3) is 0.429. The maximum atomic E-state index is 12.7. The van der Waals surface area contributed by atoms with Crippen LogP contribution in [0.4, 0.5) is 11.5 Å². The third-order valence-corrected chi connectivity index (χ3v) is 5.23. The molecule has 1 aromatic carbocycles. The number of carbonyl (C=O) groups is 1. The van der Waals surface area contributed by atoms with Gasteiger partial charge in [-0.2, -0.15) is 0 Å². The number of ether oxygens (including phenoxy) is 1. The molecule has 6 heteroatoms. The van der Waals surface area contributed by atoms with Crippen LogP contribution < -0.4 is 10.2 Å². The van der Waals surface area contributed by atoms with Gasteiger partial charge in [-0.1, -0.05) is 18.2 Å². The number of rotatable bonds is 5. The highest BCUT2D eigenvalue weighted by Gasteiger charge is 2.22. The molecule has 4 rings (SSSR count). The summed E-state index contributed by atoms with van der Waals surface area (Å²) in [6, 6.07) is 14.1. The van der Waals surface area contributed by atoms with E-state index < -0.39 is 0 Å². The van der Waals surface area contributed by atoms with Crippen molar-refractivity contribution in [2.24, 2.45) is 0 Å². The molecule has 1 aromatic heterocycles. The molecular formula is C21H26N4O2. The number of aromatic nitrogens is 1. The van der Waals surface area contributed by atoms with Crippen molar-refractivity contribution in [2.75, 3.05) is 49.5 Å². The molecule has 2 saturated heterocycles. The van der Waals surface area contributed by atoms with Crippen LogP contribution in [0.5, 0.6) is 0 Å². The first-order valence-electron chi connectivity index (χ1n) is 9.70. The van der Waals surface area contributed by atoms with E-state index in [9.17, 15) is 4.79 Å². The predicted octanol–water partition coefficient (Wildman–Crippen LogP) is 2.63. The number of pyridine rings is 1. The summed E-state index contributed by atoms with van der Waals surface area (Å²) >= 11 is 0. The van der Waals surface area contributed by atoms with E-state index in [1.54, 1.807) is 6.20 Å². The number of piperazine rings is 1. The standard InChI is InChI=1S/C21H26N4O2/c26-21(25-12-10-24(11-13-25)18-5-2-1-3-6-18)17-8-9-20(22-15-17)23-16-19-7-4-14-27-19/h1-3,5-6,8-9,15,19H,4,7,10-14,16H2,(H,22,23). The maximum absolute atomic E-state index is 12.7. The lowest BCUT2D eigenvalue weighted by Crippen LogP contribution is -2.48. The number of anilines is 2. The van der Waals surface area contributed by atoms with Crippen LogP contribution in [-0.2, 0) is 4.74 Å². The minimum absolute atomic E-state index is 0.0564. The van der Waals surface area contributed by atoms with Crippen molar-refractivity contribution in [1.29, 1.82) is 0 Å². The summed E-state index contributed by atoms with van der Waals surface area (Å²) in [6.45, 7) is 4.78. The number of amides is 1. The first-order valence-corrected chi connectivity index (χ1v) is 9.70. The fourth-order valence-corrected chi connectivity index (χ4v) is 3.64. The van der Waals surface area contributed by atoms with E-state index in [2.05, 4.69) is 27.3 Å². The quantitative estimate of drug-likeness (QED) is 0.882. The first kappa shape index (κ1) is 17.8. The van der Waals surface area contributed by atoms with E-state index in [0.29, 0.717) is 5.56 Å². The Morgan fingerprint density at radius 3 is 2.59 bits per heavy atom. The highest BCUT2D eigenvalue weighted by atomic mass is 16.5. The molecule has 27 heavy (non-hydrogen) atoms. The van der Waals surface area contributed by atoms with E-state index >= 15 is 0 Å². The van der Waals surface area contributed by atoms with Crippen LogP contribution >= 0.6 is 0 Å².